The number of anilines is 1. The van der Waals surface area contributed by atoms with E-state index in [0.717, 1.165) is 36.9 Å². The van der Waals surface area contributed by atoms with Crippen molar-refractivity contribution in [3.8, 4) is 17.4 Å². The van der Waals surface area contributed by atoms with Crippen LogP contribution in [0.15, 0.2) is 77.5 Å². The van der Waals surface area contributed by atoms with Crippen molar-refractivity contribution in [2.24, 2.45) is 11.8 Å². The number of furan rings is 1. The molecule has 6 nitrogen and oxygen atoms in total. The normalized spacial score (nSPS) is 18.0. The lowest BCUT2D eigenvalue weighted by molar-refractivity contribution is -0.136. The molecule has 3 rings (SSSR count). The molecular weight excluding hydrogens is 438 g/mol. The van der Waals surface area contributed by atoms with E-state index in [1.807, 2.05) is 44.2 Å². The maximum absolute atomic E-state index is 13.4. The number of allylic oxidation sites excluding steroid dienone is 2. The second kappa shape index (κ2) is 11.5. The average molecular weight is 472 g/mol. The Labute approximate surface area is 207 Å². The number of nitriles is 1. The summed E-state index contributed by atoms with van der Waals surface area (Å²) in [6.07, 6.45) is 6.61. The van der Waals surface area contributed by atoms with Crippen LogP contribution >= 0.6 is 0 Å². The van der Waals surface area contributed by atoms with E-state index in [2.05, 4.69) is 25.4 Å². The first-order valence-electron chi connectivity index (χ1n) is 12.0. The maximum atomic E-state index is 13.4. The lowest BCUT2D eigenvalue weighted by atomic mass is 9.82. The van der Waals surface area contributed by atoms with Gasteiger partial charge in [-0.05, 0) is 87.9 Å². The summed E-state index contributed by atoms with van der Waals surface area (Å²) in [4.78, 5) is 27.8. The first-order valence-corrected chi connectivity index (χ1v) is 12.0. The van der Waals surface area contributed by atoms with Crippen LogP contribution in [-0.4, -0.2) is 22.6 Å². The monoisotopic (exact) mass is 471 g/mol. The second-order valence-corrected chi connectivity index (χ2v) is 9.33. The molecule has 1 aromatic carbocycles. The summed E-state index contributed by atoms with van der Waals surface area (Å²) in [6.45, 7) is 13.9. The van der Waals surface area contributed by atoms with E-state index in [9.17, 15) is 9.59 Å². The van der Waals surface area contributed by atoms with Crippen molar-refractivity contribution in [2.45, 2.75) is 52.5 Å². The predicted molar refractivity (Wildman–Crippen MR) is 138 cm³/mol. The molecule has 1 aliphatic carbocycles. The Morgan fingerprint density at radius 2 is 1.80 bits per heavy atom. The molecule has 1 saturated carbocycles. The molecule has 0 aliphatic heterocycles. The molecule has 0 saturated heterocycles. The third-order valence-electron chi connectivity index (χ3n) is 6.44. The van der Waals surface area contributed by atoms with Gasteiger partial charge in [0.25, 0.3) is 0 Å². The lowest BCUT2D eigenvalue weighted by Gasteiger charge is -2.35. The minimum absolute atomic E-state index is 0.0270. The van der Waals surface area contributed by atoms with Crippen LogP contribution in [0, 0.1) is 23.2 Å². The molecule has 0 unspecified atom stereocenters. The first kappa shape index (κ1) is 25.8. The fourth-order valence-electron chi connectivity index (χ4n) is 4.38. The molecule has 0 spiro atoms. The Morgan fingerprint density at radius 3 is 2.34 bits per heavy atom. The summed E-state index contributed by atoms with van der Waals surface area (Å²) in [5, 5.41) is 12.1. The minimum atomic E-state index is -0.311. The Morgan fingerprint density at radius 1 is 1.14 bits per heavy atom. The molecule has 1 heterocycles. The highest BCUT2D eigenvalue weighted by Crippen LogP contribution is 2.32. The van der Waals surface area contributed by atoms with E-state index >= 15 is 0 Å². The van der Waals surface area contributed by atoms with E-state index in [4.69, 9.17) is 9.68 Å². The van der Waals surface area contributed by atoms with E-state index in [0.29, 0.717) is 22.9 Å². The molecule has 2 aromatic rings. The van der Waals surface area contributed by atoms with Crippen LogP contribution in [0.4, 0.5) is 5.69 Å². The number of hydrogen-bond donors (Lipinski definition) is 1. The molecule has 1 aliphatic rings. The molecule has 1 N–H and O–H groups in total. The summed E-state index contributed by atoms with van der Waals surface area (Å²) < 4.78 is 5.46. The second-order valence-electron chi connectivity index (χ2n) is 9.33. The fraction of sp³-hybridized carbons (Fsp3) is 0.345. The van der Waals surface area contributed by atoms with Gasteiger partial charge in [-0.3, -0.25) is 9.59 Å². The number of benzene rings is 1. The Balaban J connectivity index is 1.80. The van der Waals surface area contributed by atoms with Crippen LogP contribution < -0.4 is 5.32 Å². The van der Waals surface area contributed by atoms with Gasteiger partial charge in [0.15, 0.2) is 5.78 Å². The van der Waals surface area contributed by atoms with Crippen LogP contribution in [0.25, 0.3) is 11.3 Å². The van der Waals surface area contributed by atoms with Crippen molar-refractivity contribution in [3.05, 3.63) is 78.9 Å². The van der Waals surface area contributed by atoms with Gasteiger partial charge in [-0.2, -0.15) is 5.26 Å². The largest absolute Gasteiger partial charge is 0.446 e. The van der Waals surface area contributed by atoms with Gasteiger partial charge in [-0.1, -0.05) is 20.1 Å². The van der Waals surface area contributed by atoms with Gasteiger partial charge < -0.3 is 14.6 Å². The molecule has 6 heteroatoms. The molecule has 0 bridgehead atoms. The number of nitrogens with zero attached hydrogens (tertiary/aromatic N) is 2. The van der Waals surface area contributed by atoms with Crippen LogP contribution in [0.5, 0.6) is 0 Å². The molecule has 182 valence electrons. The van der Waals surface area contributed by atoms with Gasteiger partial charge in [0.2, 0.25) is 11.7 Å². The quantitative estimate of drug-likeness (QED) is 0.336. The minimum Gasteiger partial charge on any atom is -0.446 e. The van der Waals surface area contributed by atoms with Gasteiger partial charge in [0.1, 0.15) is 11.8 Å². The number of carbonyl (C=O) groups is 2. The summed E-state index contributed by atoms with van der Waals surface area (Å²) in [6, 6.07) is 12.6. The zero-order valence-electron chi connectivity index (χ0n) is 20.7. The van der Waals surface area contributed by atoms with Crippen molar-refractivity contribution >= 4 is 17.4 Å². The van der Waals surface area contributed by atoms with E-state index in [1.165, 1.54) is 6.08 Å². The number of ketones is 1. The van der Waals surface area contributed by atoms with E-state index in [-0.39, 0.29) is 29.4 Å². The van der Waals surface area contributed by atoms with Crippen LogP contribution in [-0.2, 0) is 9.59 Å². The number of rotatable bonds is 9. The highest BCUT2D eigenvalue weighted by Gasteiger charge is 2.32. The molecule has 1 fully saturated rings. The molecular formula is C29H33N3O3. The molecule has 35 heavy (non-hydrogen) atoms. The Bertz CT molecular complexity index is 1160. The Kier molecular flexibility index (Phi) is 8.48. The van der Waals surface area contributed by atoms with Crippen molar-refractivity contribution in [1.29, 1.82) is 5.26 Å². The van der Waals surface area contributed by atoms with E-state index < -0.39 is 0 Å². The number of carbonyl (C=O) groups excluding carboxylic acids is 2. The summed E-state index contributed by atoms with van der Waals surface area (Å²) in [5.41, 5.74) is 2.23. The molecule has 0 radical (unpaired) electrons. The van der Waals surface area contributed by atoms with E-state index in [1.54, 1.807) is 23.2 Å². The first-order chi connectivity index (χ1) is 16.7. The zero-order valence-corrected chi connectivity index (χ0v) is 20.7. The number of hydrogen-bond acceptors (Lipinski definition) is 5. The lowest BCUT2D eigenvalue weighted by Crippen LogP contribution is -2.42. The summed E-state index contributed by atoms with van der Waals surface area (Å²) >= 11 is 0. The van der Waals surface area contributed by atoms with Crippen LogP contribution in [0.1, 0.15) is 52.2 Å². The predicted octanol–water partition coefficient (Wildman–Crippen LogP) is 6.45. The van der Waals surface area contributed by atoms with Gasteiger partial charge in [-0.15, -0.1) is 0 Å². The van der Waals surface area contributed by atoms with Crippen molar-refractivity contribution in [3.63, 3.8) is 0 Å². The standard InChI is InChI=1S/C29H33N3O3/c1-6-27(33)26(21(5)32(19(2)3)29(34)23-9-7-20(4)8-10-23)18-31-24-13-11-22(12-14-24)28-16-15-25(17-30)35-28/h6,11-16,18-20,23,31H,1,5,7-10H2,2-4H3/b26-18+. The van der Waals surface area contributed by atoms with Crippen LogP contribution in [0.2, 0.25) is 0 Å². The highest BCUT2D eigenvalue weighted by atomic mass is 16.3. The highest BCUT2D eigenvalue weighted by molar-refractivity contribution is 6.07. The molecule has 1 aromatic heterocycles. The Hall–Kier alpha value is -3.85. The van der Waals surface area contributed by atoms with Gasteiger partial charge >= 0.3 is 0 Å². The average Bonchev–Trinajstić information content (AvgIpc) is 3.34. The number of nitrogens with one attached hydrogen (secondary N) is 1. The van der Waals surface area contributed by atoms with Gasteiger partial charge in [0, 0.05) is 35.1 Å². The van der Waals surface area contributed by atoms with Gasteiger partial charge in [0.05, 0.1) is 5.57 Å². The number of amides is 1. The summed E-state index contributed by atoms with van der Waals surface area (Å²) in [5.74, 6) is 1.16. The topological polar surface area (TPSA) is 86.3 Å². The van der Waals surface area contributed by atoms with Crippen molar-refractivity contribution in [1.82, 2.24) is 4.90 Å². The SMILES string of the molecule is C=CC(=O)/C(=C/Nc1ccc(-c2ccc(C#N)o2)cc1)C(=C)N(C(=O)C1CCC(C)CC1)C(C)C. The summed E-state index contributed by atoms with van der Waals surface area (Å²) in [7, 11) is 0. The maximum Gasteiger partial charge on any atom is 0.230 e. The molecule has 0 atom stereocenters. The zero-order chi connectivity index (χ0) is 25.5. The van der Waals surface area contributed by atoms with Crippen molar-refractivity contribution in [2.75, 3.05) is 5.32 Å². The van der Waals surface area contributed by atoms with Crippen LogP contribution in [0.3, 0.4) is 0 Å². The smallest absolute Gasteiger partial charge is 0.230 e. The van der Waals surface area contributed by atoms with Crippen molar-refractivity contribution < 1.29 is 14.0 Å². The molecule has 1 amide bonds. The van der Waals surface area contributed by atoms with Gasteiger partial charge in [-0.25, -0.2) is 0 Å². The third kappa shape index (κ3) is 6.19. The third-order valence-corrected chi connectivity index (χ3v) is 6.44. The fourth-order valence-corrected chi connectivity index (χ4v) is 4.38.